The number of aromatic nitrogens is 1. The second-order valence-electron chi connectivity index (χ2n) is 3.97. The molecule has 0 saturated heterocycles. The van der Waals surface area contributed by atoms with Crippen LogP contribution >= 0.6 is 22.9 Å². The molecule has 3 nitrogen and oxygen atoms in total. The van der Waals surface area contributed by atoms with Crippen LogP contribution in [0.15, 0.2) is 17.5 Å². The van der Waals surface area contributed by atoms with Crippen molar-refractivity contribution >= 4 is 22.9 Å². The molecule has 1 heterocycles. The summed E-state index contributed by atoms with van der Waals surface area (Å²) in [7, 11) is 1.66. The summed E-state index contributed by atoms with van der Waals surface area (Å²) in [6, 6.07) is 3.77. The third-order valence-electron chi connectivity index (χ3n) is 2.63. The van der Waals surface area contributed by atoms with E-state index >= 15 is 0 Å². The summed E-state index contributed by atoms with van der Waals surface area (Å²) < 4.78 is 5.44. The van der Waals surface area contributed by atoms with Crippen LogP contribution in [0, 0.1) is 6.92 Å². The van der Waals surface area contributed by atoms with Gasteiger partial charge in [0, 0.05) is 22.4 Å². The smallest absolute Gasteiger partial charge is 0.131 e. The van der Waals surface area contributed by atoms with Crippen LogP contribution in [-0.2, 0) is 6.42 Å². The molecule has 18 heavy (non-hydrogen) atoms. The molecule has 0 aliphatic rings. The van der Waals surface area contributed by atoms with Crippen LogP contribution in [0.4, 0.5) is 0 Å². The molecule has 0 bridgehead atoms. The van der Waals surface area contributed by atoms with Gasteiger partial charge in [-0.15, -0.1) is 11.3 Å². The molecular weight excluding hydrogens is 268 g/mol. The van der Waals surface area contributed by atoms with Crippen molar-refractivity contribution in [3.05, 3.63) is 33.1 Å². The van der Waals surface area contributed by atoms with E-state index in [9.17, 15) is 0 Å². The molecular formula is C13H15ClN2OS. The molecule has 1 aromatic heterocycles. The van der Waals surface area contributed by atoms with Gasteiger partial charge in [0.1, 0.15) is 5.75 Å². The Morgan fingerprint density at radius 2 is 2.22 bits per heavy atom. The maximum absolute atomic E-state index is 6.10. The molecule has 0 fully saturated rings. The Morgan fingerprint density at radius 1 is 1.44 bits per heavy atom. The van der Waals surface area contributed by atoms with Gasteiger partial charge < -0.3 is 10.5 Å². The molecule has 2 N–H and O–H groups in total. The van der Waals surface area contributed by atoms with Crippen LogP contribution in [0.5, 0.6) is 5.75 Å². The van der Waals surface area contributed by atoms with Crippen molar-refractivity contribution in [2.24, 2.45) is 5.73 Å². The predicted molar refractivity (Wildman–Crippen MR) is 76.6 cm³/mol. The average Bonchev–Trinajstić information content (AvgIpc) is 2.77. The number of thiazole rings is 1. The second kappa shape index (κ2) is 5.69. The standard InChI is InChI=1S/C13H15ClN2OS/c1-8-5-9(14)6-10(13(8)17-2)11-7-18-12(16-11)3-4-15/h5-7H,3-4,15H2,1-2H3. The highest BCUT2D eigenvalue weighted by molar-refractivity contribution is 7.09. The van der Waals surface area contributed by atoms with Gasteiger partial charge >= 0.3 is 0 Å². The summed E-state index contributed by atoms with van der Waals surface area (Å²) >= 11 is 7.71. The topological polar surface area (TPSA) is 48.1 Å². The van der Waals surface area contributed by atoms with E-state index in [2.05, 4.69) is 4.98 Å². The van der Waals surface area contributed by atoms with Gasteiger partial charge in [-0.3, -0.25) is 0 Å². The summed E-state index contributed by atoms with van der Waals surface area (Å²) in [6.07, 6.45) is 0.798. The third kappa shape index (κ3) is 2.66. The van der Waals surface area contributed by atoms with Gasteiger partial charge in [-0.1, -0.05) is 11.6 Å². The van der Waals surface area contributed by atoms with Crippen molar-refractivity contribution in [2.75, 3.05) is 13.7 Å². The highest BCUT2D eigenvalue weighted by Gasteiger charge is 2.13. The summed E-state index contributed by atoms with van der Waals surface area (Å²) in [6.45, 7) is 2.58. The average molecular weight is 283 g/mol. The minimum absolute atomic E-state index is 0.610. The van der Waals surface area contributed by atoms with Crippen LogP contribution in [0.25, 0.3) is 11.3 Å². The molecule has 96 valence electrons. The lowest BCUT2D eigenvalue weighted by molar-refractivity contribution is 0.413. The van der Waals surface area contributed by atoms with Crippen molar-refractivity contribution in [2.45, 2.75) is 13.3 Å². The van der Waals surface area contributed by atoms with E-state index in [-0.39, 0.29) is 0 Å². The Balaban J connectivity index is 2.48. The number of hydrogen-bond donors (Lipinski definition) is 1. The summed E-state index contributed by atoms with van der Waals surface area (Å²) in [5.41, 5.74) is 8.37. The van der Waals surface area contributed by atoms with Gasteiger partial charge in [-0.2, -0.15) is 0 Å². The zero-order chi connectivity index (χ0) is 13.1. The van der Waals surface area contributed by atoms with Crippen molar-refractivity contribution < 1.29 is 4.74 Å². The first-order valence-corrected chi connectivity index (χ1v) is 6.90. The Morgan fingerprint density at radius 3 is 2.89 bits per heavy atom. The Labute approximate surface area is 116 Å². The van der Waals surface area contributed by atoms with Gasteiger partial charge in [0.2, 0.25) is 0 Å². The number of ether oxygens (including phenoxy) is 1. The van der Waals surface area contributed by atoms with Crippen LogP contribution in [-0.4, -0.2) is 18.6 Å². The fourth-order valence-electron chi connectivity index (χ4n) is 1.86. The first-order chi connectivity index (χ1) is 8.65. The lowest BCUT2D eigenvalue weighted by Gasteiger charge is -2.10. The predicted octanol–water partition coefficient (Wildman–Crippen LogP) is 3.28. The van der Waals surface area contributed by atoms with Gasteiger partial charge in [-0.25, -0.2) is 4.98 Å². The van der Waals surface area contributed by atoms with Crippen molar-refractivity contribution in [1.82, 2.24) is 4.98 Å². The lowest BCUT2D eigenvalue weighted by Crippen LogP contribution is -2.02. The van der Waals surface area contributed by atoms with Gasteiger partial charge in [0.25, 0.3) is 0 Å². The fourth-order valence-corrected chi connectivity index (χ4v) is 2.95. The van der Waals surface area contributed by atoms with E-state index in [1.54, 1.807) is 18.4 Å². The Kier molecular flexibility index (Phi) is 4.22. The minimum Gasteiger partial charge on any atom is -0.496 e. The van der Waals surface area contributed by atoms with Crippen LogP contribution in [0.1, 0.15) is 10.6 Å². The molecule has 0 aliphatic heterocycles. The van der Waals surface area contributed by atoms with Crippen LogP contribution in [0.3, 0.4) is 0 Å². The summed E-state index contributed by atoms with van der Waals surface area (Å²) in [4.78, 5) is 4.56. The lowest BCUT2D eigenvalue weighted by atomic mass is 10.1. The molecule has 0 unspecified atom stereocenters. The molecule has 0 saturated carbocycles. The number of benzene rings is 1. The van der Waals surface area contributed by atoms with E-state index in [4.69, 9.17) is 22.1 Å². The number of nitrogens with two attached hydrogens (primary N) is 1. The first kappa shape index (κ1) is 13.3. The summed E-state index contributed by atoms with van der Waals surface area (Å²) in [5, 5.41) is 3.74. The zero-order valence-corrected chi connectivity index (χ0v) is 11.9. The van der Waals surface area contributed by atoms with Crippen molar-refractivity contribution in [3.8, 4) is 17.0 Å². The number of hydrogen-bond acceptors (Lipinski definition) is 4. The Bertz CT molecular complexity index is 554. The molecule has 0 amide bonds. The van der Waals surface area contributed by atoms with Crippen molar-refractivity contribution in [3.63, 3.8) is 0 Å². The normalized spacial score (nSPS) is 10.7. The number of methoxy groups -OCH3 is 1. The van der Waals surface area contributed by atoms with Gasteiger partial charge in [0.05, 0.1) is 17.8 Å². The third-order valence-corrected chi connectivity index (χ3v) is 3.76. The maximum Gasteiger partial charge on any atom is 0.131 e. The van der Waals surface area contributed by atoms with Gasteiger partial charge in [-0.05, 0) is 31.2 Å². The van der Waals surface area contributed by atoms with Crippen molar-refractivity contribution in [1.29, 1.82) is 0 Å². The van der Waals surface area contributed by atoms with Crippen LogP contribution in [0.2, 0.25) is 5.02 Å². The molecule has 0 radical (unpaired) electrons. The van der Waals surface area contributed by atoms with E-state index in [1.807, 2.05) is 24.4 Å². The highest BCUT2D eigenvalue weighted by Crippen LogP contribution is 2.36. The molecule has 2 aromatic rings. The van der Waals surface area contributed by atoms with E-state index < -0.39 is 0 Å². The summed E-state index contributed by atoms with van der Waals surface area (Å²) in [5.74, 6) is 0.823. The molecule has 0 spiro atoms. The van der Waals surface area contributed by atoms with E-state index in [0.717, 1.165) is 34.0 Å². The fraction of sp³-hybridized carbons (Fsp3) is 0.308. The number of aryl methyl sites for hydroxylation is 1. The molecule has 0 aliphatic carbocycles. The molecule has 5 heteroatoms. The monoisotopic (exact) mass is 282 g/mol. The number of halogens is 1. The quantitative estimate of drug-likeness (QED) is 0.936. The zero-order valence-electron chi connectivity index (χ0n) is 10.4. The minimum atomic E-state index is 0.610. The number of rotatable bonds is 4. The van der Waals surface area contributed by atoms with E-state index in [1.165, 1.54) is 0 Å². The highest BCUT2D eigenvalue weighted by atomic mass is 35.5. The van der Waals surface area contributed by atoms with E-state index in [0.29, 0.717) is 11.6 Å². The maximum atomic E-state index is 6.10. The SMILES string of the molecule is COc1c(C)cc(Cl)cc1-c1csc(CCN)n1. The first-order valence-electron chi connectivity index (χ1n) is 5.64. The van der Waals surface area contributed by atoms with Crippen LogP contribution < -0.4 is 10.5 Å². The Hall–Kier alpha value is -1.10. The molecule has 2 rings (SSSR count). The molecule has 1 aromatic carbocycles. The largest absolute Gasteiger partial charge is 0.496 e. The second-order valence-corrected chi connectivity index (χ2v) is 5.35. The molecule has 0 atom stereocenters. The number of nitrogens with zero attached hydrogens (tertiary/aromatic N) is 1. The van der Waals surface area contributed by atoms with Gasteiger partial charge in [0.15, 0.2) is 0 Å².